The molecule has 88 valence electrons. The van der Waals surface area contributed by atoms with E-state index >= 15 is 0 Å². The van der Waals surface area contributed by atoms with E-state index in [4.69, 9.17) is 5.73 Å². The van der Waals surface area contributed by atoms with Crippen LogP contribution in [-0.4, -0.2) is 0 Å². The summed E-state index contributed by atoms with van der Waals surface area (Å²) in [6.45, 7) is 2.09. The van der Waals surface area contributed by atoms with Gasteiger partial charge in [0.2, 0.25) is 0 Å². The van der Waals surface area contributed by atoms with Gasteiger partial charge in [-0.2, -0.15) is 0 Å². The molecule has 0 unspecified atom stereocenters. The molecule has 0 saturated carbocycles. The normalized spacial score (nSPS) is 10.2. The summed E-state index contributed by atoms with van der Waals surface area (Å²) in [5, 5.41) is 3.12. The van der Waals surface area contributed by atoms with Crippen molar-refractivity contribution in [2.75, 3.05) is 11.1 Å². The molecular formula is C14H15FN2. The summed E-state index contributed by atoms with van der Waals surface area (Å²) in [5.41, 5.74) is 9.05. The molecule has 0 bridgehead atoms. The average Bonchev–Trinajstić information content (AvgIpc) is 2.34. The lowest BCUT2D eigenvalue weighted by Crippen LogP contribution is -1.97. The Balaban J connectivity index is 2.27. The van der Waals surface area contributed by atoms with E-state index in [1.807, 2.05) is 18.2 Å². The first kappa shape index (κ1) is 11.5. The summed E-state index contributed by atoms with van der Waals surface area (Å²) in [7, 11) is 0. The fourth-order valence-electron chi connectivity index (χ4n) is 1.66. The maximum absolute atomic E-state index is 13.1. The van der Waals surface area contributed by atoms with Crippen molar-refractivity contribution in [3.8, 4) is 0 Å². The van der Waals surface area contributed by atoms with Gasteiger partial charge in [-0.25, -0.2) is 4.39 Å². The minimum absolute atomic E-state index is 0.298. The number of benzene rings is 2. The number of halogens is 1. The highest BCUT2D eigenvalue weighted by Crippen LogP contribution is 2.24. The third-order valence-corrected chi connectivity index (χ3v) is 2.63. The van der Waals surface area contributed by atoms with E-state index in [1.165, 1.54) is 17.7 Å². The fraction of sp³-hybridized carbons (Fsp3) is 0.143. The van der Waals surface area contributed by atoms with Gasteiger partial charge in [-0.15, -0.1) is 0 Å². The first-order valence-electron chi connectivity index (χ1n) is 5.60. The molecule has 2 aromatic rings. The van der Waals surface area contributed by atoms with Gasteiger partial charge in [0.1, 0.15) is 5.82 Å². The summed E-state index contributed by atoms with van der Waals surface area (Å²) >= 11 is 0. The highest BCUT2D eigenvalue weighted by molar-refractivity contribution is 5.72. The SMILES string of the molecule is CCc1cccc(Nc2cc(F)ccc2N)c1. The summed E-state index contributed by atoms with van der Waals surface area (Å²) in [6, 6.07) is 12.3. The van der Waals surface area contributed by atoms with Crippen molar-refractivity contribution in [3.63, 3.8) is 0 Å². The van der Waals surface area contributed by atoms with Gasteiger partial charge in [-0.05, 0) is 42.3 Å². The van der Waals surface area contributed by atoms with Gasteiger partial charge in [0.15, 0.2) is 0 Å². The van der Waals surface area contributed by atoms with E-state index in [-0.39, 0.29) is 5.82 Å². The Kier molecular flexibility index (Phi) is 3.28. The summed E-state index contributed by atoms with van der Waals surface area (Å²) in [4.78, 5) is 0. The summed E-state index contributed by atoms with van der Waals surface area (Å²) in [6.07, 6.45) is 0.966. The van der Waals surface area contributed by atoms with Crippen LogP contribution in [0, 0.1) is 5.82 Å². The van der Waals surface area contributed by atoms with Crippen LogP contribution in [0.3, 0.4) is 0 Å². The van der Waals surface area contributed by atoms with Crippen molar-refractivity contribution in [3.05, 3.63) is 53.8 Å². The molecular weight excluding hydrogens is 215 g/mol. The molecule has 0 aliphatic heterocycles. The maximum atomic E-state index is 13.1. The van der Waals surface area contributed by atoms with Gasteiger partial charge >= 0.3 is 0 Å². The van der Waals surface area contributed by atoms with E-state index in [0.717, 1.165) is 12.1 Å². The molecule has 0 radical (unpaired) electrons. The molecule has 0 aromatic heterocycles. The lowest BCUT2D eigenvalue weighted by molar-refractivity contribution is 0.628. The molecule has 0 aliphatic carbocycles. The van der Waals surface area contributed by atoms with Gasteiger partial charge in [0.05, 0.1) is 11.4 Å². The number of nitrogen functional groups attached to an aromatic ring is 1. The Hall–Kier alpha value is -2.03. The topological polar surface area (TPSA) is 38.0 Å². The zero-order chi connectivity index (χ0) is 12.3. The smallest absolute Gasteiger partial charge is 0.125 e. The van der Waals surface area contributed by atoms with Crippen molar-refractivity contribution in [2.24, 2.45) is 0 Å². The number of nitrogens with one attached hydrogen (secondary N) is 1. The molecule has 3 N–H and O–H groups in total. The molecule has 0 fully saturated rings. The minimum atomic E-state index is -0.298. The second kappa shape index (κ2) is 4.87. The van der Waals surface area contributed by atoms with Gasteiger partial charge in [0, 0.05) is 5.69 Å². The van der Waals surface area contributed by atoms with Crippen molar-refractivity contribution in [1.82, 2.24) is 0 Å². The van der Waals surface area contributed by atoms with Crippen LogP contribution in [0.1, 0.15) is 12.5 Å². The summed E-state index contributed by atoms with van der Waals surface area (Å²) < 4.78 is 13.1. The van der Waals surface area contributed by atoms with E-state index < -0.39 is 0 Å². The Morgan fingerprint density at radius 1 is 1.18 bits per heavy atom. The van der Waals surface area contributed by atoms with Crippen LogP contribution < -0.4 is 11.1 Å². The van der Waals surface area contributed by atoms with Crippen molar-refractivity contribution < 1.29 is 4.39 Å². The number of hydrogen-bond acceptors (Lipinski definition) is 2. The quantitative estimate of drug-likeness (QED) is 0.789. The zero-order valence-electron chi connectivity index (χ0n) is 9.70. The van der Waals surface area contributed by atoms with Crippen molar-refractivity contribution in [2.45, 2.75) is 13.3 Å². The molecule has 3 heteroatoms. The molecule has 2 nitrogen and oxygen atoms in total. The number of rotatable bonds is 3. The Morgan fingerprint density at radius 3 is 2.76 bits per heavy atom. The number of aryl methyl sites for hydroxylation is 1. The van der Waals surface area contributed by atoms with Gasteiger partial charge in [-0.3, -0.25) is 0 Å². The van der Waals surface area contributed by atoms with Crippen LogP contribution in [-0.2, 0) is 6.42 Å². The molecule has 2 aromatic carbocycles. The molecule has 2 rings (SSSR count). The van der Waals surface area contributed by atoms with E-state index in [2.05, 4.69) is 18.3 Å². The standard InChI is InChI=1S/C14H15FN2/c1-2-10-4-3-5-12(8-10)17-14-9-11(15)6-7-13(14)16/h3-9,17H,2,16H2,1H3. The number of nitrogens with two attached hydrogens (primary N) is 1. The third kappa shape index (κ3) is 2.75. The van der Waals surface area contributed by atoms with Gasteiger partial charge in [-0.1, -0.05) is 19.1 Å². The molecule has 0 atom stereocenters. The molecule has 0 spiro atoms. The highest BCUT2D eigenvalue weighted by Gasteiger charge is 2.02. The molecule has 0 heterocycles. The Labute approximate surface area is 100 Å². The fourth-order valence-corrected chi connectivity index (χ4v) is 1.66. The van der Waals surface area contributed by atoms with Crippen LogP contribution in [0.2, 0.25) is 0 Å². The Morgan fingerprint density at radius 2 is 2.00 bits per heavy atom. The van der Waals surface area contributed by atoms with Crippen molar-refractivity contribution >= 4 is 17.1 Å². The number of hydrogen-bond donors (Lipinski definition) is 2. The highest BCUT2D eigenvalue weighted by atomic mass is 19.1. The molecule has 0 aliphatic rings. The van der Waals surface area contributed by atoms with Crippen LogP contribution in [0.25, 0.3) is 0 Å². The maximum Gasteiger partial charge on any atom is 0.125 e. The monoisotopic (exact) mass is 230 g/mol. The minimum Gasteiger partial charge on any atom is -0.397 e. The van der Waals surface area contributed by atoms with E-state index in [0.29, 0.717) is 11.4 Å². The second-order valence-corrected chi connectivity index (χ2v) is 3.91. The summed E-state index contributed by atoms with van der Waals surface area (Å²) in [5.74, 6) is -0.298. The predicted molar refractivity (Wildman–Crippen MR) is 69.9 cm³/mol. The molecule has 0 amide bonds. The van der Waals surface area contributed by atoms with Crippen LogP contribution in [0.15, 0.2) is 42.5 Å². The lowest BCUT2D eigenvalue weighted by Gasteiger charge is -2.10. The van der Waals surface area contributed by atoms with Crippen LogP contribution >= 0.6 is 0 Å². The average molecular weight is 230 g/mol. The van der Waals surface area contributed by atoms with Crippen LogP contribution in [0.4, 0.5) is 21.5 Å². The van der Waals surface area contributed by atoms with Crippen LogP contribution in [0.5, 0.6) is 0 Å². The molecule has 0 saturated heterocycles. The number of anilines is 3. The first-order chi connectivity index (χ1) is 8.19. The van der Waals surface area contributed by atoms with Gasteiger partial charge < -0.3 is 11.1 Å². The first-order valence-corrected chi connectivity index (χ1v) is 5.60. The van der Waals surface area contributed by atoms with E-state index in [1.54, 1.807) is 6.07 Å². The Bertz CT molecular complexity index is 523. The van der Waals surface area contributed by atoms with Crippen molar-refractivity contribution in [1.29, 1.82) is 0 Å². The van der Waals surface area contributed by atoms with Gasteiger partial charge in [0.25, 0.3) is 0 Å². The largest absolute Gasteiger partial charge is 0.397 e. The lowest BCUT2D eigenvalue weighted by atomic mass is 10.1. The zero-order valence-corrected chi connectivity index (χ0v) is 9.70. The van der Waals surface area contributed by atoms with E-state index in [9.17, 15) is 4.39 Å². The molecule has 17 heavy (non-hydrogen) atoms. The second-order valence-electron chi connectivity index (χ2n) is 3.91. The predicted octanol–water partition coefficient (Wildman–Crippen LogP) is 3.71. The third-order valence-electron chi connectivity index (χ3n) is 2.63.